The first kappa shape index (κ1) is 15.1. The van der Waals surface area contributed by atoms with Gasteiger partial charge in [0.2, 0.25) is 0 Å². The van der Waals surface area contributed by atoms with Gasteiger partial charge in [-0.15, -0.1) is 10.2 Å². The molecule has 4 heterocycles. The van der Waals surface area contributed by atoms with Gasteiger partial charge in [-0.05, 0) is 38.5 Å². The summed E-state index contributed by atoms with van der Waals surface area (Å²) in [6, 6.07) is 2.81. The molecule has 0 bridgehead atoms. The van der Waals surface area contributed by atoms with Crippen LogP contribution in [0, 0.1) is 0 Å². The van der Waals surface area contributed by atoms with Crippen molar-refractivity contribution < 1.29 is 0 Å². The van der Waals surface area contributed by atoms with E-state index in [1.807, 2.05) is 6.33 Å². The van der Waals surface area contributed by atoms with Crippen LogP contribution in [-0.4, -0.2) is 50.9 Å². The van der Waals surface area contributed by atoms with Gasteiger partial charge in [0, 0.05) is 44.2 Å². The van der Waals surface area contributed by atoms with Gasteiger partial charge < -0.3 is 14.4 Å². The molecule has 0 unspecified atom stereocenters. The molecule has 7 heteroatoms. The van der Waals surface area contributed by atoms with Gasteiger partial charge in [0.25, 0.3) is 0 Å². The zero-order chi connectivity index (χ0) is 16.6. The maximum Gasteiger partial charge on any atom is 0.137 e. The van der Waals surface area contributed by atoms with Crippen molar-refractivity contribution in [2.45, 2.75) is 50.5 Å². The van der Waals surface area contributed by atoms with Gasteiger partial charge in [0.1, 0.15) is 30.1 Å². The molecule has 2 aliphatic heterocycles. The van der Waals surface area contributed by atoms with E-state index in [0.29, 0.717) is 12.0 Å². The van der Waals surface area contributed by atoms with Crippen molar-refractivity contribution in [1.29, 1.82) is 0 Å². The molecule has 25 heavy (non-hydrogen) atoms. The first-order valence-corrected chi connectivity index (χ1v) is 9.60. The minimum atomic E-state index is 0.446. The van der Waals surface area contributed by atoms with Gasteiger partial charge in [-0.25, -0.2) is 9.97 Å². The first-order chi connectivity index (χ1) is 12.4. The molecule has 0 aromatic carbocycles. The zero-order valence-corrected chi connectivity index (χ0v) is 14.6. The molecule has 3 aliphatic rings. The van der Waals surface area contributed by atoms with Crippen molar-refractivity contribution in [3.63, 3.8) is 0 Å². The van der Waals surface area contributed by atoms with Crippen LogP contribution in [0.25, 0.3) is 0 Å². The van der Waals surface area contributed by atoms with E-state index in [-0.39, 0.29) is 0 Å². The van der Waals surface area contributed by atoms with Gasteiger partial charge in [0.05, 0.1) is 0 Å². The second kappa shape index (κ2) is 6.28. The third kappa shape index (κ3) is 2.96. The molecule has 1 aliphatic carbocycles. The van der Waals surface area contributed by atoms with Crippen molar-refractivity contribution in [3.8, 4) is 0 Å². The quantitative estimate of drug-likeness (QED) is 0.852. The highest BCUT2D eigenvalue weighted by Gasteiger charge is 2.31. The van der Waals surface area contributed by atoms with Crippen molar-refractivity contribution in [3.05, 3.63) is 24.5 Å². The summed E-state index contributed by atoms with van der Waals surface area (Å²) in [5, 5.41) is 8.64. The van der Waals surface area contributed by atoms with E-state index < -0.39 is 0 Å². The topological polar surface area (TPSA) is 63.0 Å². The van der Waals surface area contributed by atoms with Crippen LogP contribution in [0.15, 0.2) is 18.7 Å². The summed E-state index contributed by atoms with van der Waals surface area (Å²) in [5.41, 5.74) is 0. The van der Waals surface area contributed by atoms with Crippen LogP contribution in [0.4, 0.5) is 11.6 Å². The third-order valence-electron chi connectivity index (χ3n) is 5.72. The van der Waals surface area contributed by atoms with Gasteiger partial charge in [-0.1, -0.05) is 0 Å². The molecular weight excluding hydrogens is 314 g/mol. The van der Waals surface area contributed by atoms with Gasteiger partial charge in [-0.2, -0.15) is 0 Å². The molecule has 0 radical (unpaired) electrons. The van der Waals surface area contributed by atoms with E-state index in [4.69, 9.17) is 0 Å². The lowest BCUT2D eigenvalue weighted by molar-refractivity contribution is 0.469. The van der Waals surface area contributed by atoms with Crippen LogP contribution in [0.5, 0.6) is 0 Å². The van der Waals surface area contributed by atoms with Crippen molar-refractivity contribution in [2.75, 3.05) is 36.0 Å². The number of anilines is 2. The van der Waals surface area contributed by atoms with Crippen LogP contribution >= 0.6 is 0 Å². The Morgan fingerprint density at radius 3 is 2.44 bits per heavy atom. The fourth-order valence-electron chi connectivity index (χ4n) is 4.20. The minimum absolute atomic E-state index is 0.446. The van der Waals surface area contributed by atoms with Crippen LogP contribution in [0.3, 0.4) is 0 Å². The molecule has 5 rings (SSSR count). The predicted molar refractivity (Wildman–Crippen MR) is 96.0 cm³/mol. The van der Waals surface area contributed by atoms with Crippen LogP contribution in [0.2, 0.25) is 0 Å². The predicted octanol–water partition coefficient (Wildman–Crippen LogP) is 2.39. The molecule has 0 N–H and O–H groups in total. The van der Waals surface area contributed by atoms with E-state index in [0.717, 1.165) is 37.8 Å². The summed E-state index contributed by atoms with van der Waals surface area (Å²) in [6.07, 6.45) is 11.1. The molecule has 2 aromatic rings. The van der Waals surface area contributed by atoms with E-state index in [1.54, 1.807) is 6.33 Å². The Balaban J connectivity index is 1.35. The monoisotopic (exact) mass is 339 g/mol. The minimum Gasteiger partial charge on any atom is -0.356 e. The fraction of sp³-hybridized carbons (Fsp3) is 0.667. The number of nitrogens with zero attached hydrogens (tertiary/aromatic N) is 7. The van der Waals surface area contributed by atoms with E-state index in [1.165, 1.54) is 44.3 Å². The van der Waals surface area contributed by atoms with Crippen LogP contribution in [-0.2, 0) is 0 Å². The molecule has 132 valence electrons. The van der Waals surface area contributed by atoms with Gasteiger partial charge in [-0.3, -0.25) is 0 Å². The van der Waals surface area contributed by atoms with Crippen molar-refractivity contribution in [2.24, 2.45) is 0 Å². The maximum atomic E-state index is 4.57. The lowest BCUT2D eigenvalue weighted by Gasteiger charge is -2.33. The summed E-state index contributed by atoms with van der Waals surface area (Å²) >= 11 is 0. The zero-order valence-electron chi connectivity index (χ0n) is 14.6. The summed E-state index contributed by atoms with van der Waals surface area (Å²) in [6.45, 7) is 4.26. The molecule has 7 nitrogen and oxygen atoms in total. The Morgan fingerprint density at radius 2 is 1.64 bits per heavy atom. The van der Waals surface area contributed by atoms with E-state index in [2.05, 4.69) is 40.6 Å². The highest BCUT2D eigenvalue weighted by Crippen LogP contribution is 2.38. The lowest BCUT2D eigenvalue weighted by Crippen LogP contribution is -2.36. The number of aromatic nitrogens is 5. The number of rotatable bonds is 4. The Bertz CT molecular complexity index is 733. The second-order valence-electron chi connectivity index (χ2n) is 7.54. The smallest absolute Gasteiger partial charge is 0.137 e. The summed E-state index contributed by atoms with van der Waals surface area (Å²) in [5.74, 6) is 3.74. The van der Waals surface area contributed by atoms with E-state index >= 15 is 0 Å². The highest BCUT2D eigenvalue weighted by molar-refractivity contribution is 5.51. The fourth-order valence-corrected chi connectivity index (χ4v) is 4.20. The Morgan fingerprint density at radius 1 is 0.880 bits per heavy atom. The largest absolute Gasteiger partial charge is 0.356 e. The SMILES string of the molecule is c1nc(N2CCCC2)cc(N2CCC[C@H](c3nncn3C3CC3)C2)n1. The average Bonchev–Trinajstić information content (AvgIpc) is 3.16. The number of hydrogen-bond acceptors (Lipinski definition) is 6. The Kier molecular flexibility index (Phi) is 3.79. The van der Waals surface area contributed by atoms with Gasteiger partial charge >= 0.3 is 0 Å². The molecule has 2 saturated heterocycles. The molecule has 0 spiro atoms. The third-order valence-corrected chi connectivity index (χ3v) is 5.72. The molecule has 3 fully saturated rings. The standard InChI is InChI=1S/C18H25N7/c1-2-8-23(7-1)16-10-17(20-12-19-16)24-9-3-4-14(11-24)18-22-21-13-25(18)15-5-6-15/h10,12-15H,1-9,11H2/t14-/m0/s1. The molecule has 1 saturated carbocycles. The molecular formula is C18H25N7. The molecule has 0 amide bonds. The Hall–Kier alpha value is -2.18. The Labute approximate surface area is 148 Å². The summed E-state index contributed by atoms with van der Waals surface area (Å²) in [4.78, 5) is 13.8. The van der Waals surface area contributed by atoms with E-state index in [9.17, 15) is 0 Å². The maximum absolute atomic E-state index is 4.57. The van der Waals surface area contributed by atoms with Crippen LogP contribution in [0.1, 0.15) is 56.3 Å². The second-order valence-corrected chi connectivity index (χ2v) is 7.54. The highest BCUT2D eigenvalue weighted by atomic mass is 15.3. The normalized spacial score (nSPS) is 24.1. The molecule has 2 aromatic heterocycles. The number of hydrogen-bond donors (Lipinski definition) is 0. The summed E-state index contributed by atoms with van der Waals surface area (Å²) < 4.78 is 2.31. The van der Waals surface area contributed by atoms with Crippen LogP contribution < -0.4 is 9.80 Å². The van der Waals surface area contributed by atoms with Crippen molar-refractivity contribution in [1.82, 2.24) is 24.7 Å². The molecule has 1 atom stereocenters. The average molecular weight is 339 g/mol. The van der Waals surface area contributed by atoms with Gasteiger partial charge in [0.15, 0.2) is 0 Å². The van der Waals surface area contributed by atoms with Crippen molar-refractivity contribution >= 4 is 11.6 Å². The summed E-state index contributed by atoms with van der Waals surface area (Å²) in [7, 11) is 0. The number of piperidine rings is 1. The first-order valence-electron chi connectivity index (χ1n) is 9.60. The lowest BCUT2D eigenvalue weighted by atomic mass is 9.97.